The van der Waals surface area contributed by atoms with Crippen LogP contribution in [0.5, 0.6) is 0 Å². The van der Waals surface area contributed by atoms with E-state index in [1.807, 2.05) is 11.8 Å². The number of hydrogen-bond donors (Lipinski definition) is 5. The molecular weight excluding hydrogens is 812 g/mol. The van der Waals surface area contributed by atoms with Gasteiger partial charge in [0.15, 0.2) is 0 Å². The van der Waals surface area contributed by atoms with Crippen LogP contribution >= 0.6 is 0 Å². The van der Waals surface area contributed by atoms with E-state index in [2.05, 4.69) is 26.0 Å². The number of carbonyl (C=O) groups is 7. The van der Waals surface area contributed by atoms with Crippen LogP contribution in [0.25, 0.3) is 0 Å². The van der Waals surface area contributed by atoms with Crippen LogP contribution in [0.4, 0.5) is 20.1 Å². The molecule has 1 saturated heterocycles. The monoisotopic (exact) mass is 880 g/mol. The first-order valence-corrected chi connectivity index (χ1v) is 20.9. The van der Waals surface area contributed by atoms with Crippen LogP contribution in [0, 0.1) is 11.8 Å². The number of primary amides is 1. The van der Waals surface area contributed by atoms with E-state index in [9.17, 15) is 33.6 Å². The van der Waals surface area contributed by atoms with Gasteiger partial charge in [-0.2, -0.15) is 0 Å². The number of rotatable bonds is 30. The molecule has 0 saturated carbocycles. The van der Waals surface area contributed by atoms with Gasteiger partial charge in [-0.05, 0) is 42.9 Å². The van der Waals surface area contributed by atoms with Crippen molar-refractivity contribution in [3.05, 3.63) is 29.8 Å². The zero-order chi connectivity index (χ0) is 45.9. The molecule has 21 heteroatoms. The number of urea groups is 1. The van der Waals surface area contributed by atoms with Gasteiger partial charge in [0.25, 0.3) is 0 Å². The molecule has 350 valence electrons. The Morgan fingerprint density at radius 2 is 1.40 bits per heavy atom. The number of nitrogens with one attached hydrogen (secondary N) is 4. The number of likely N-dealkylation sites (tertiary alicyclic amines) is 1. The first-order chi connectivity index (χ1) is 29.6. The van der Waals surface area contributed by atoms with E-state index in [1.165, 1.54) is 16.9 Å². The van der Waals surface area contributed by atoms with Crippen molar-refractivity contribution in [3.8, 4) is 0 Å². The standard InChI is InChI=1S/C41H68N8O13/c1-29(2)35(46-34(50)14-20-58-22-24-60-26-27-61-25-23-59-21-19-49-16-13-30(3)38(49)53)37(52)45-33(8-7-15-43-39(42)54)36(51)44-32-11-9-31(10-12-32)28-62-41(56)48(5)18-17-47(4)40(55)57-6/h9-12,29-30,33,35H,7-8,13-28H2,1-6H3,(H,44,51)(H,45,52)(H,46,50)(H3,42,43,54)/t30?,33-,35+/m0/s1. The van der Waals surface area contributed by atoms with Crippen LogP contribution in [0.1, 0.15) is 52.0 Å². The van der Waals surface area contributed by atoms with Crippen molar-refractivity contribution in [2.24, 2.45) is 17.6 Å². The number of amides is 8. The molecular formula is C41H68N8O13. The molecule has 62 heavy (non-hydrogen) atoms. The second kappa shape index (κ2) is 29.9. The minimum Gasteiger partial charge on any atom is -0.453 e. The summed E-state index contributed by atoms with van der Waals surface area (Å²) in [5, 5.41) is 10.7. The van der Waals surface area contributed by atoms with Crippen LogP contribution in [0.15, 0.2) is 24.3 Å². The molecule has 1 fully saturated rings. The molecule has 0 radical (unpaired) electrons. The Kier molecular flexibility index (Phi) is 25.5. The Balaban J connectivity index is 1.74. The van der Waals surface area contributed by atoms with Crippen LogP contribution in [-0.4, -0.2) is 175 Å². The van der Waals surface area contributed by atoms with Crippen LogP contribution in [0.2, 0.25) is 0 Å². The second-order valence-electron chi connectivity index (χ2n) is 15.1. The van der Waals surface area contributed by atoms with Gasteiger partial charge in [0.2, 0.25) is 23.6 Å². The van der Waals surface area contributed by atoms with Gasteiger partial charge in [-0.1, -0.05) is 32.9 Å². The van der Waals surface area contributed by atoms with Gasteiger partial charge in [-0.3, -0.25) is 19.2 Å². The Labute approximate surface area is 364 Å². The maximum absolute atomic E-state index is 13.5. The fraction of sp³-hybridized carbons (Fsp3) is 0.683. The number of hydrogen-bond acceptors (Lipinski definition) is 13. The van der Waals surface area contributed by atoms with E-state index in [-0.39, 0.29) is 70.0 Å². The number of nitrogens with zero attached hydrogens (tertiary/aromatic N) is 3. The van der Waals surface area contributed by atoms with Crippen molar-refractivity contribution in [1.82, 2.24) is 30.7 Å². The van der Waals surface area contributed by atoms with Crippen LogP contribution in [-0.2, 0) is 54.2 Å². The molecule has 1 aromatic rings. The summed E-state index contributed by atoms with van der Waals surface area (Å²) in [6, 6.07) is 3.85. The minimum absolute atomic E-state index is 0.00615. The summed E-state index contributed by atoms with van der Waals surface area (Å²) in [5.74, 6) is -1.55. The molecule has 1 aliphatic heterocycles. The van der Waals surface area contributed by atoms with E-state index in [0.717, 1.165) is 13.0 Å². The summed E-state index contributed by atoms with van der Waals surface area (Å²) in [7, 11) is 4.36. The molecule has 1 aliphatic rings. The van der Waals surface area contributed by atoms with Crippen molar-refractivity contribution in [1.29, 1.82) is 0 Å². The highest BCUT2D eigenvalue weighted by molar-refractivity contribution is 5.98. The number of ether oxygens (including phenoxy) is 6. The molecule has 0 bridgehead atoms. The van der Waals surface area contributed by atoms with Crippen molar-refractivity contribution >= 4 is 47.5 Å². The van der Waals surface area contributed by atoms with E-state index >= 15 is 0 Å². The molecule has 0 aromatic heterocycles. The van der Waals surface area contributed by atoms with E-state index in [0.29, 0.717) is 63.9 Å². The predicted octanol–water partition coefficient (Wildman–Crippen LogP) is 1.29. The molecule has 0 aliphatic carbocycles. The second-order valence-corrected chi connectivity index (χ2v) is 15.1. The molecule has 0 spiro atoms. The fourth-order valence-corrected chi connectivity index (χ4v) is 5.85. The lowest BCUT2D eigenvalue weighted by Gasteiger charge is -2.25. The third kappa shape index (κ3) is 21.5. The highest BCUT2D eigenvalue weighted by Crippen LogP contribution is 2.16. The number of anilines is 1. The molecule has 1 heterocycles. The summed E-state index contributed by atoms with van der Waals surface area (Å²) < 4.78 is 32.0. The van der Waals surface area contributed by atoms with Gasteiger partial charge in [0, 0.05) is 64.8 Å². The Morgan fingerprint density at radius 1 is 0.823 bits per heavy atom. The zero-order valence-electron chi connectivity index (χ0n) is 37.1. The van der Waals surface area contributed by atoms with Crippen LogP contribution < -0.4 is 27.0 Å². The first kappa shape index (κ1) is 52.9. The number of benzene rings is 1. The van der Waals surface area contributed by atoms with E-state index < -0.39 is 48.0 Å². The molecule has 2 rings (SSSR count). The van der Waals surface area contributed by atoms with Crippen molar-refractivity contribution < 1.29 is 62.0 Å². The Morgan fingerprint density at radius 3 is 1.95 bits per heavy atom. The van der Waals surface area contributed by atoms with Crippen molar-refractivity contribution in [2.45, 2.75) is 65.1 Å². The highest BCUT2D eigenvalue weighted by atomic mass is 16.6. The van der Waals surface area contributed by atoms with Gasteiger partial charge in [0.1, 0.15) is 18.7 Å². The molecule has 8 amide bonds. The zero-order valence-corrected chi connectivity index (χ0v) is 37.1. The van der Waals surface area contributed by atoms with Gasteiger partial charge in [-0.15, -0.1) is 0 Å². The van der Waals surface area contributed by atoms with E-state index in [1.54, 1.807) is 52.2 Å². The number of carbonyl (C=O) groups excluding carboxylic acids is 7. The van der Waals surface area contributed by atoms with Gasteiger partial charge >= 0.3 is 18.2 Å². The summed E-state index contributed by atoms with van der Waals surface area (Å²) in [6.07, 6.45) is 0.228. The molecule has 1 aromatic carbocycles. The van der Waals surface area contributed by atoms with Crippen molar-refractivity contribution in [3.63, 3.8) is 0 Å². The van der Waals surface area contributed by atoms with Crippen LogP contribution in [0.3, 0.4) is 0 Å². The Hall–Kier alpha value is -5.25. The van der Waals surface area contributed by atoms with Gasteiger partial charge < -0.3 is 70.1 Å². The highest BCUT2D eigenvalue weighted by Gasteiger charge is 2.29. The summed E-state index contributed by atoms with van der Waals surface area (Å²) in [5.41, 5.74) is 6.23. The lowest BCUT2D eigenvalue weighted by Crippen LogP contribution is -2.54. The maximum Gasteiger partial charge on any atom is 0.409 e. The quantitative estimate of drug-likeness (QED) is 0.0684. The predicted molar refractivity (Wildman–Crippen MR) is 227 cm³/mol. The minimum atomic E-state index is -1.03. The number of nitrogens with two attached hydrogens (primary N) is 1. The topological polar surface area (TPSA) is 259 Å². The molecule has 21 nitrogen and oxygen atoms in total. The number of likely N-dealkylation sites (N-methyl/N-ethyl adjacent to an activating group) is 2. The van der Waals surface area contributed by atoms with Crippen molar-refractivity contribution in [2.75, 3.05) is 112 Å². The average molecular weight is 881 g/mol. The fourth-order valence-electron chi connectivity index (χ4n) is 5.85. The molecule has 1 unspecified atom stereocenters. The summed E-state index contributed by atoms with van der Waals surface area (Å²) in [4.78, 5) is 91.3. The normalized spacial score (nSPS) is 14.5. The molecule has 3 atom stereocenters. The SMILES string of the molecule is COC(=O)N(C)CCN(C)C(=O)OCc1ccc(NC(=O)[C@H](CCCNC(N)=O)NC(=O)[C@H](NC(=O)CCOCCOCCOCCOCCN2CCC(C)C2=O)C(C)C)cc1. The summed E-state index contributed by atoms with van der Waals surface area (Å²) >= 11 is 0. The summed E-state index contributed by atoms with van der Waals surface area (Å²) in [6.45, 7) is 10.2. The Bertz CT molecular complexity index is 1550. The number of methoxy groups -OCH3 is 1. The maximum atomic E-state index is 13.5. The van der Waals surface area contributed by atoms with Gasteiger partial charge in [0.05, 0.1) is 60.0 Å². The third-order valence-corrected chi connectivity index (χ3v) is 9.68. The van der Waals surface area contributed by atoms with Gasteiger partial charge in [-0.25, -0.2) is 14.4 Å². The molecule has 6 N–H and O–H groups in total. The third-order valence-electron chi connectivity index (χ3n) is 9.68. The lowest BCUT2D eigenvalue weighted by atomic mass is 10.0. The average Bonchev–Trinajstić information content (AvgIpc) is 3.57. The van der Waals surface area contributed by atoms with E-state index in [4.69, 9.17) is 29.4 Å². The first-order valence-electron chi connectivity index (χ1n) is 20.9. The largest absolute Gasteiger partial charge is 0.453 e. The smallest absolute Gasteiger partial charge is 0.409 e. The lowest BCUT2D eigenvalue weighted by molar-refractivity contribution is -0.132.